The maximum atomic E-state index is 11.4. The van der Waals surface area contributed by atoms with Crippen molar-refractivity contribution in [3.8, 4) is 0 Å². The van der Waals surface area contributed by atoms with Crippen LogP contribution in [0.15, 0.2) is 39.1 Å². The Kier molecular flexibility index (Phi) is 4.18. The fraction of sp³-hybridized carbons (Fsp3) is 0.154. The summed E-state index contributed by atoms with van der Waals surface area (Å²) < 4.78 is 0. The predicted molar refractivity (Wildman–Crippen MR) is 76.8 cm³/mol. The Balaban J connectivity index is 2.41. The quantitative estimate of drug-likeness (QED) is 0.402. The molecule has 0 amide bonds. The first-order valence-corrected chi connectivity index (χ1v) is 6.73. The van der Waals surface area contributed by atoms with E-state index in [1.807, 2.05) is 0 Å². The standard InChI is InChI=1S/C13H11N3O4S/c1-7-5-12(18)15-13(14-7)21-9-3-4-10(8(2)17)11(6-9)16(19)20/h3-6H,1-2H3,(H,14,15,18). The van der Waals surface area contributed by atoms with E-state index in [1.165, 1.54) is 25.1 Å². The van der Waals surface area contributed by atoms with Crippen molar-refractivity contribution in [3.05, 3.63) is 56.0 Å². The number of benzene rings is 1. The summed E-state index contributed by atoms with van der Waals surface area (Å²) in [6.07, 6.45) is 0. The Bertz CT molecular complexity index is 785. The number of ketones is 1. The number of nitrogens with one attached hydrogen (secondary N) is 1. The molecule has 0 aliphatic heterocycles. The summed E-state index contributed by atoms with van der Waals surface area (Å²) >= 11 is 1.09. The Morgan fingerprint density at radius 3 is 2.67 bits per heavy atom. The lowest BCUT2D eigenvalue weighted by molar-refractivity contribution is -0.385. The molecule has 0 unspecified atom stereocenters. The molecule has 1 heterocycles. The molecule has 0 bridgehead atoms. The van der Waals surface area contributed by atoms with Crippen molar-refractivity contribution in [2.24, 2.45) is 0 Å². The number of nitrogens with zero attached hydrogens (tertiary/aromatic N) is 2. The summed E-state index contributed by atoms with van der Waals surface area (Å²) in [5.74, 6) is -0.375. The minimum atomic E-state index is -0.604. The van der Waals surface area contributed by atoms with Gasteiger partial charge in [-0.15, -0.1) is 0 Å². The van der Waals surface area contributed by atoms with Crippen molar-refractivity contribution >= 4 is 23.2 Å². The number of aryl methyl sites for hydroxylation is 1. The highest BCUT2D eigenvalue weighted by atomic mass is 32.2. The molecule has 0 aliphatic rings. The van der Waals surface area contributed by atoms with E-state index in [1.54, 1.807) is 13.0 Å². The lowest BCUT2D eigenvalue weighted by atomic mass is 10.1. The maximum absolute atomic E-state index is 11.4. The minimum Gasteiger partial charge on any atom is -0.301 e. The Morgan fingerprint density at radius 2 is 2.10 bits per heavy atom. The number of aromatic nitrogens is 2. The summed E-state index contributed by atoms with van der Waals surface area (Å²) in [5, 5.41) is 11.3. The molecule has 0 atom stereocenters. The summed E-state index contributed by atoms with van der Waals surface area (Å²) in [4.78, 5) is 40.3. The number of H-pyrrole nitrogens is 1. The van der Waals surface area contributed by atoms with E-state index >= 15 is 0 Å². The molecular formula is C13H11N3O4S. The fourth-order valence-electron chi connectivity index (χ4n) is 1.74. The Morgan fingerprint density at radius 1 is 1.38 bits per heavy atom. The van der Waals surface area contributed by atoms with Gasteiger partial charge in [0, 0.05) is 22.7 Å². The molecule has 0 saturated carbocycles. The molecular weight excluding hydrogens is 294 g/mol. The normalized spacial score (nSPS) is 10.4. The topological polar surface area (TPSA) is 106 Å². The first-order valence-electron chi connectivity index (χ1n) is 5.92. The number of nitro benzene ring substituents is 1. The summed E-state index contributed by atoms with van der Waals surface area (Å²) in [6, 6.07) is 5.63. The largest absolute Gasteiger partial charge is 0.301 e. The molecule has 2 rings (SSSR count). The van der Waals surface area contributed by atoms with Crippen LogP contribution in [0.3, 0.4) is 0 Å². The van der Waals surface area contributed by atoms with Crippen LogP contribution in [0.5, 0.6) is 0 Å². The predicted octanol–water partition coefficient (Wildman–Crippen LogP) is 2.34. The number of rotatable bonds is 4. The van der Waals surface area contributed by atoms with Gasteiger partial charge >= 0.3 is 0 Å². The Hall–Kier alpha value is -2.48. The van der Waals surface area contributed by atoms with Gasteiger partial charge in [-0.2, -0.15) is 0 Å². The monoisotopic (exact) mass is 305 g/mol. The molecule has 1 aromatic carbocycles. The summed E-state index contributed by atoms with van der Waals surface area (Å²) in [7, 11) is 0. The van der Waals surface area contributed by atoms with Gasteiger partial charge in [-0.3, -0.25) is 19.7 Å². The second kappa shape index (κ2) is 5.88. The number of hydrogen-bond donors (Lipinski definition) is 1. The smallest absolute Gasteiger partial charge is 0.281 e. The molecule has 2 aromatic rings. The average Bonchev–Trinajstić information content (AvgIpc) is 2.36. The molecule has 21 heavy (non-hydrogen) atoms. The van der Waals surface area contributed by atoms with Gasteiger partial charge in [-0.25, -0.2) is 4.98 Å². The van der Waals surface area contributed by atoms with Crippen LogP contribution in [0, 0.1) is 17.0 Å². The van der Waals surface area contributed by atoms with Gasteiger partial charge in [0.25, 0.3) is 11.2 Å². The first-order chi connectivity index (χ1) is 9.86. The van der Waals surface area contributed by atoms with Gasteiger partial charge in [-0.05, 0) is 26.0 Å². The van der Waals surface area contributed by atoms with Gasteiger partial charge in [-0.1, -0.05) is 11.8 Å². The van der Waals surface area contributed by atoms with Gasteiger partial charge in [0.15, 0.2) is 10.9 Å². The number of carbonyl (C=O) groups excluding carboxylic acids is 1. The molecule has 0 aliphatic carbocycles. The molecule has 0 radical (unpaired) electrons. The van der Waals surface area contributed by atoms with Crippen LogP contribution in [0.25, 0.3) is 0 Å². The van der Waals surface area contributed by atoms with Gasteiger partial charge in [0.05, 0.1) is 10.5 Å². The van der Waals surface area contributed by atoms with Crippen LogP contribution in [0.2, 0.25) is 0 Å². The lowest BCUT2D eigenvalue weighted by Gasteiger charge is -2.04. The highest BCUT2D eigenvalue weighted by Gasteiger charge is 2.18. The number of Topliss-reactive ketones (excluding diaryl/α,β-unsaturated/α-hetero) is 1. The van der Waals surface area contributed by atoms with Crippen molar-refractivity contribution in [2.45, 2.75) is 23.9 Å². The highest BCUT2D eigenvalue weighted by molar-refractivity contribution is 7.99. The summed E-state index contributed by atoms with van der Waals surface area (Å²) in [6.45, 7) is 2.95. The third-order valence-corrected chi connectivity index (χ3v) is 3.48. The molecule has 108 valence electrons. The third-order valence-electron chi connectivity index (χ3n) is 2.61. The molecule has 1 N–H and O–H groups in total. The molecule has 0 spiro atoms. The molecule has 0 fully saturated rings. The average molecular weight is 305 g/mol. The highest BCUT2D eigenvalue weighted by Crippen LogP contribution is 2.29. The zero-order chi connectivity index (χ0) is 15.6. The van der Waals surface area contributed by atoms with Crippen LogP contribution >= 0.6 is 11.8 Å². The first kappa shape index (κ1) is 14.9. The zero-order valence-electron chi connectivity index (χ0n) is 11.2. The number of hydrogen-bond acceptors (Lipinski definition) is 6. The SMILES string of the molecule is CC(=O)c1ccc(Sc2nc(C)cc(=O)[nH]2)cc1[N+](=O)[O-]. The van der Waals surface area contributed by atoms with E-state index in [0.717, 1.165) is 11.8 Å². The van der Waals surface area contributed by atoms with Crippen molar-refractivity contribution in [1.29, 1.82) is 0 Å². The van der Waals surface area contributed by atoms with Crippen molar-refractivity contribution < 1.29 is 9.72 Å². The molecule has 0 saturated heterocycles. The van der Waals surface area contributed by atoms with E-state index in [4.69, 9.17) is 0 Å². The van der Waals surface area contributed by atoms with E-state index in [0.29, 0.717) is 15.7 Å². The van der Waals surface area contributed by atoms with Crippen molar-refractivity contribution in [3.63, 3.8) is 0 Å². The van der Waals surface area contributed by atoms with Crippen LogP contribution in [0.1, 0.15) is 23.0 Å². The van der Waals surface area contributed by atoms with E-state index in [9.17, 15) is 19.7 Å². The lowest BCUT2D eigenvalue weighted by Crippen LogP contribution is -2.08. The Labute approximate surface area is 123 Å². The van der Waals surface area contributed by atoms with Crippen molar-refractivity contribution in [1.82, 2.24) is 9.97 Å². The molecule has 7 nitrogen and oxygen atoms in total. The number of aromatic amines is 1. The third kappa shape index (κ3) is 3.54. The summed E-state index contributed by atoms with van der Waals surface area (Å²) in [5.41, 5.74) is 0.0495. The van der Waals surface area contributed by atoms with Crippen LogP contribution in [-0.2, 0) is 0 Å². The van der Waals surface area contributed by atoms with Crippen LogP contribution in [0.4, 0.5) is 5.69 Å². The number of nitro groups is 1. The molecule has 1 aromatic heterocycles. The fourth-order valence-corrected chi connectivity index (χ4v) is 2.61. The maximum Gasteiger partial charge on any atom is 0.281 e. The van der Waals surface area contributed by atoms with E-state index in [2.05, 4.69) is 9.97 Å². The van der Waals surface area contributed by atoms with Crippen molar-refractivity contribution in [2.75, 3.05) is 0 Å². The molecule has 8 heteroatoms. The van der Waals surface area contributed by atoms with Crippen LogP contribution in [-0.4, -0.2) is 20.7 Å². The van der Waals surface area contributed by atoms with Gasteiger partial charge < -0.3 is 4.98 Å². The number of carbonyl (C=O) groups is 1. The second-order valence-corrected chi connectivity index (χ2v) is 5.35. The van der Waals surface area contributed by atoms with Gasteiger partial charge in [0.1, 0.15) is 0 Å². The van der Waals surface area contributed by atoms with Gasteiger partial charge in [0.2, 0.25) is 0 Å². The second-order valence-electron chi connectivity index (χ2n) is 4.29. The van der Waals surface area contributed by atoms with E-state index in [-0.39, 0.29) is 22.6 Å². The zero-order valence-corrected chi connectivity index (χ0v) is 12.1. The van der Waals surface area contributed by atoms with E-state index < -0.39 is 4.92 Å². The van der Waals surface area contributed by atoms with Crippen LogP contribution < -0.4 is 5.56 Å². The minimum absolute atomic E-state index is 0.0510.